The normalized spacial score (nSPS) is 21.4. The number of aryl methyl sites for hydroxylation is 1. The number of rotatable bonds is 3. The molecule has 1 aromatic rings. The van der Waals surface area contributed by atoms with Crippen molar-refractivity contribution in [1.82, 2.24) is 4.90 Å². The molecule has 112 valence electrons. The number of hydrogen-bond donors (Lipinski definition) is 1. The van der Waals surface area contributed by atoms with Gasteiger partial charge in [-0.1, -0.05) is 26.0 Å². The summed E-state index contributed by atoms with van der Waals surface area (Å²) in [4.78, 5) is 2.45. The van der Waals surface area contributed by atoms with Crippen molar-refractivity contribution in [3.05, 3.63) is 35.1 Å². The van der Waals surface area contributed by atoms with Crippen LogP contribution in [0.2, 0.25) is 0 Å². The molecule has 0 aliphatic carbocycles. The van der Waals surface area contributed by atoms with E-state index in [0.717, 1.165) is 30.8 Å². The highest BCUT2D eigenvalue weighted by molar-refractivity contribution is 8.00. The Morgan fingerprint density at radius 3 is 2.80 bits per heavy atom. The van der Waals surface area contributed by atoms with Gasteiger partial charge in [0.2, 0.25) is 0 Å². The summed E-state index contributed by atoms with van der Waals surface area (Å²) in [5.74, 6) is 0.987. The predicted octanol–water partition coefficient (Wildman–Crippen LogP) is 3.35. The van der Waals surface area contributed by atoms with E-state index in [1.165, 1.54) is 0 Å². The molecule has 4 heteroatoms. The van der Waals surface area contributed by atoms with Gasteiger partial charge in [0.15, 0.2) is 0 Å². The highest BCUT2D eigenvalue weighted by atomic mass is 32.2. The lowest BCUT2D eigenvalue weighted by Gasteiger charge is -2.30. The summed E-state index contributed by atoms with van der Waals surface area (Å²) in [6, 6.07) is 5.58. The zero-order valence-electron chi connectivity index (χ0n) is 12.7. The number of hydrogen-bond acceptors (Lipinski definition) is 3. The van der Waals surface area contributed by atoms with Crippen molar-refractivity contribution in [3.8, 4) is 0 Å². The Balaban J connectivity index is 2.17. The van der Waals surface area contributed by atoms with Crippen LogP contribution in [0.25, 0.3) is 0 Å². The van der Waals surface area contributed by atoms with Crippen LogP contribution in [0.15, 0.2) is 18.2 Å². The van der Waals surface area contributed by atoms with E-state index in [1.54, 1.807) is 6.07 Å². The molecule has 2 nitrogen and oxygen atoms in total. The third-order valence-corrected chi connectivity index (χ3v) is 5.48. The largest absolute Gasteiger partial charge is 0.329 e. The van der Waals surface area contributed by atoms with Crippen molar-refractivity contribution < 1.29 is 4.39 Å². The van der Waals surface area contributed by atoms with Gasteiger partial charge in [0.1, 0.15) is 5.82 Å². The van der Waals surface area contributed by atoms with Crippen LogP contribution >= 0.6 is 11.8 Å². The molecule has 0 saturated carbocycles. The van der Waals surface area contributed by atoms with Crippen molar-refractivity contribution in [2.45, 2.75) is 38.0 Å². The van der Waals surface area contributed by atoms with Crippen molar-refractivity contribution in [1.29, 1.82) is 0 Å². The summed E-state index contributed by atoms with van der Waals surface area (Å²) >= 11 is 2.03. The van der Waals surface area contributed by atoms with E-state index >= 15 is 0 Å². The van der Waals surface area contributed by atoms with Gasteiger partial charge in [0, 0.05) is 36.2 Å². The first-order valence-electron chi connectivity index (χ1n) is 7.27. The standard InChI is InChI=1S/C16H25FN2S/c1-12-10-13(4-5-14(12)17)15(11-18)19-7-6-16(2,3)20-9-8-19/h4-5,10,15H,6-9,11,18H2,1-3H3. The number of nitrogens with two attached hydrogens (primary N) is 1. The van der Waals surface area contributed by atoms with Crippen LogP contribution in [0, 0.1) is 12.7 Å². The maximum absolute atomic E-state index is 13.4. The van der Waals surface area contributed by atoms with E-state index in [-0.39, 0.29) is 11.9 Å². The molecule has 1 unspecified atom stereocenters. The average molecular weight is 296 g/mol. The van der Waals surface area contributed by atoms with Crippen LogP contribution < -0.4 is 5.73 Å². The van der Waals surface area contributed by atoms with Crippen molar-refractivity contribution in [2.75, 3.05) is 25.4 Å². The molecule has 1 aromatic carbocycles. The molecular formula is C16H25FN2S. The van der Waals surface area contributed by atoms with Crippen LogP contribution in [0.1, 0.15) is 37.4 Å². The Morgan fingerprint density at radius 1 is 1.40 bits per heavy atom. The summed E-state index contributed by atoms with van der Waals surface area (Å²) in [7, 11) is 0. The van der Waals surface area contributed by atoms with Gasteiger partial charge in [-0.05, 0) is 30.5 Å². The summed E-state index contributed by atoms with van der Waals surface area (Å²) < 4.78 is 13.8. The number of benzene rings is 1. The van der Waals surface area contributed by atoms with Crippen LogP contribution in [-0.4, -0.2) is 35.0 Å². The van der Waals surface area contributed by atoms with Crippen LogP contribution in [0.4, 0.5) is 4.39 Å². The zero-order valence-corrected chi connectivity index (χ0v) is 13.5. The lowest BCUT2D eigenvalue weighted by Crippen LogP contribution is -2.36. The summed E-state index contributed by atoms with van der Waals surface area (Å²) in [5.41, 5.74) is 7.83. The fourth-order valence-corrected chi connectivity index (χ4v) is 3.83. The molecule has 2 rings (SSSR count). The maximum atomic E-state index is 13.4. The molecule has 0 radical (unpaired) electrons. The SMILES string of the molecule is Cc1cc(C(CN)N2CCSC(C)(C)CC2)ccc1F. The number of halogens is 1. The molecule has 20 heavy (non-hydrogen) atoms. The second-order valence-electron chi connectivity index (χ2n) is 6.15. The third kappa shape index (κ3) is 3.74. The molecular weight excluding hydrogens is 271 g/mol. The summed E-state index contributed by atoms with van der Waals surface area (Å²) in [6.07, 6.45) is 1.16. The van der Waals surface area contributed by atoms with Crippen molar-refractivity contribution >= 4 is 11.8 Å². The van der Waals surface area contributed by atoms with E-state index in [1.807, 2.05) is 30.8 Å². The van der Waals surface area contributed by atoms with Gasteiger partial charge in [-0.3, -0.25) is 4.90 Å². The predicted molar refractivity (Wildman–Crippen MR) is 85.7 cm³/mol. The molecule has 0 amide bonds. The van der Waals surface area contributed by atoms with Gasteiger partial charge in [0.25, 0.3) is 0 Å². The van der Waals surface area contributed by atoms with Crippen LogP contribution in [0.3, 0.4) is 0 Å². The molecule has 1 aliphatic rings. The number of thioether (sulfide) groups is 1. The molecule has 0 bridgehead atoms. The average Bonchev–Trinajstić information content (AvgIpc) is 2.56. The molecule has 1 saturated heterocycles. The molecule has 2 N–H and O–H groups in total. The quantitative estimate of drug-likeness (QED) is 0.927. The molecule has 1 atom stereocenters. The lowest BCUT2D eigenvalue weighted by atomic mass is 10.0. The summed E-state index contributed by atoms with van der Waals surface area (Å²) in [5, 5.41) is 0. The van der Waals surface area contributed by atoms with E-state index in [0.29, 0.717) is 16.9 Å². The van der Waals surface area contributed by atoms with Crippen LogP contribution in [0.5, 0.6) is 0 Å². The summed E-state index contributed by atoms with van der Waals surface area (Å²) in [6.45, 7) is 9.11. The van der Waals surface area contributed by atoms with Gasteiger partial charge in [-0.25, -0.2) is 4.39 Å². The minimum Gasteiger partial charge on any atom is -0.329 e. The first kappa shape index (κ1) is 15.8. The van der Waals surface area contributed by atoms with Gasteiger partial charge in [-0.15, -0.1) is 0 Å². The Bertz CT molecular complexity index is 462. The Hall–Kier alpha value is -0.580. The molecule has 1 aliphatic heterocycles. The van der Waals surface area contributed by atoms with Crippen molar-refractivity contribution in [2.24, 2.45) is 5.73 Å². The maximum Gasteiger partial charge on any atom is 0.126 e. The Labute approximate surface area is 125 Å². The molecule has 1 fully saturated rings. The third-order valence-electron chi connectivity index (χ3n) is 4.10. The molecule has 1 heterocycles. The highest BCUT2D eigenvalue weighted by Gasteiger charge is 2.27. The fourth-order valence-electron chi connectivity index (χ4n) is 2.72. The van der Waals surface area contributed by atoms with Gasteiger partial charge in [-0.2, -0.15) is 11.8 Å². The van der Waals surface area contributed by atoms with Crippen LogP contribution in [-0.2, 0) is 0 Å². The van der Waals surface area contributed by atoms with E-state index in [9.17, 15) is 4.39 Å². The fraction of sp³-hybridized carbons (Fsp3) is 0.625. The minimum atomic E-state index is -0.142. The second kappa shape index (κ2) is 6.46. The second-order valence-corrected chi connectivity index (χ2v) is 7.96. The van der Waals surface area contributed by atoms with Gasteiger partial charge >= 0.3 is 0 Å². The number of nitrogens with zero attached hydrogens (tertiary/aromatic N) is 1. The van der Waals surface area contributed by atoms with Gasteiger partial charge < -0.3 is 5.73 Å². The van der Waals surface area contributed by atoms with E-state index < -0.39 is 0 Å². The monoisotopic (exact) mass is 296 g/mol. The minimum absolute atomic E-state index is 0.142. The van der Waals surface area contributed by atoms with Gasteiger partial charge in [0.05, 0.1) is 0 Å². The smallest absolute Gasteiger partial charge is 0.126 e. The Kier molecular flexibility index (Phi) is 5.10. The molecule has 0 spiro atoms. The lowest BCUT2D eigenvalue weighted by molar-refractivity contribution is 0.210. The topological polar surface area (TPSA) is 29.3 Å². The molecule has 0 aromatic heterocycles. The zero-order chi connectivity index (χ0) is 14.8. The first-order valence-corrected chi connectivity index (χ1v) is 8.25. The van der Waals surface area contributed by atoms with Crippen molar-refractivity contribution in [3.63, 3.8) is 0 Å². The Morgan fingerprint density at radius 2 is 2.15 bits per heavy atom. The van der Waals surface area contributed by atoms with E-state index in [2.05, 4.69) is 18.7 Å². The highest BCUT2D eigenvalue weighted by Crippen LogP contribution is 2.33. The first-order chi connectivity index (χ1) is 9.43. The van der Waals surface area contributed by atoms with E-state index in [4.69, 9.17) is 5.73 Å².